The normalized spacial score (nSPS) is 11.2. The molecule has 0 aliphatic heterocycles. The summed E-state index contributed by atoms with van der Waals surface area (Å²) < 4.78 is 0. The SMILES string of the molecule is CCCCCCC=CCCCCCCCCC[C]=O. The molecule has 0 fully saturated rings. The van der Waals surface area contributed by atoms with Crippen molar-refractivity contribution in [3.8, 4) is 0 Å². The highest BCUT2D eigenvalue weighted by atomic mass is 16.1. The van der Waals surface area contributed by atoms with Crippen molar-refractivity contribution in [1.82, 2.24) is 0 Å². The quantitative estimate of drug-likeness (QED) is 0.257. The van der Waals surface area contributed by atoms with E-state index in [4.69, 9.17) is 0 Å². The molecule has 1 radical (unpaired) electrons. The van der Waals surface area contributed by atoms with E-state index >= 15 is 0 Å². The minimum Gasteiger partial charge on any atom is -0.291 e. The van der Waals surface area contributed by atoms with Crippen molar-refractivity contribution in [3.63, 3.8) is 0 Å². The lowest BCUT2D eigenvalue weighted by molar-refractivity contribution is 0.540. The summed E-state index contributed by atoms with van der Waals surface area (Å²) in [6.07, 6.45) is 24.2. The molecule has 1 nitrogen and oxygen atoms in total. The van der Waals surface area contributed by atoms with Gasteiger partial charge >= 0.3 is 0 Å². The van der Waals surface area contributed by atoms with Crippen LogP contribution in [0.15, 0.2) is 12.2 Å². The molecule has 0 amide bonds. The van der Waals surface area contributed by atoms with Gasteiger partial charge in [-0.15, -0.1) is 0 Å². The Morgan fingerprint density at radius 2 is 1.16 bits per heavy atom. The lowest BCUT2D eigenvalue weighted by atomic mass is 10.1. The molecule has 0 aliphatic carbocycles. The number of unbranched alkanes of at least 4 members (excludes halogenated alkanes) is 12. The second-order valence-electron chi connectivity index (χ2n) is 5.48. The number of allylic oxidation sites excluding steroid dienone is 2. The van der Waals surface area contributed by atoms with Gasteiger partial charge in [-0.1, -0.05) is 70.4 Å². The van der Waals surface area contributed by atoms with Crippen molar-refractivity contribution < 1.29 is 4.79 Å². The lowest BCUT2D eigenvalue weighted by Crippen LogP contribution is -1.81. The van der Waals surface area contributed by atoms with E-state index in [0.29, 0.717) is 6.42 Å². The first kappa shape index (κ1) is 18.4. The topological polar surface area (TPSA) is 17.1 Å². The Hall–Kier alpha value is -0.590. The molecule has 1 heteroatoms. The van der Waals surface area contributed by atoms with E-state index in [-0.39, 0.29) is 0 Å². The van der Waals surface area contributed by atoms with Crippen LogP contribution < -0.4 is 0 Å². The summed E-state index contributed by atoms with van der Waals surface area (Å²) in [5.41, 5.74) is 0. The fourth-order valence-electron chi connectivity index (χ4n) is 2.27. The van der Waals surface area contributed by atoms with Gasteiger partial charge in [-0.2, -0.15) is 0 Å². The third-order valence-electron chi connectivity index (χ3n) is 3.54. The Bertz CT molecular complexity index is 196. The number of carbonyl (C=O) groups excluding carboxylic acids is 1. The summed E-state index contributed by atoms with van der Waals surface area (Å²) >= 11 is 0. The van der Waals surface area contributed by atoms with Crippen LogP contribution in [-0.4, -0.2) is 6.29 Å². The summed E-state index contributed by atoms with van der Waals surface area (Å²) in [4.78, 5) is 10.0. The molecule has 19 heavy (non-hydrogen) atoms. The van der Waals surface area contributed by atoms with E-state index in [1.54, 1.807) is 0 Å². The van der Waals surface area contributed by atoms with Crippen molar-refractivity contribution >= 4 is 6.29 Å². The van der Waals surface area contributed by atoms with Crippen molar-refractivity contribution in [2.45, 2.75) is 96.8 Å². The minimum atomic E-state index is 0.628. The van der Waals surface area contributed by atoms with Gasteiger partial charge in [0.2, 0.25) is 0 Å². The maximum Gasteiger partial charge on any atom is 0.198 e. The molecule has 0 aromatic carbocycles. The Kier molecular flexibility index (Phi) is 16.9. The zero-order chi connectivity index (χ0) is 14.0. The van der Waals surface area contributed by atoms with Crippen molar-refractivity contribution in [3.05, 3.63) is 12.2 Å². The third kappa shape index (κ3) is 17.4. The molecule has 0 saturated heterocycles. The van der Waals surface area contributed by atoms with Gasteiger partial charge in [0.15, 0.2) is 6.29 Å². The fraction of sp³-hybridized carbons (Fsp3) is 0.833. The van der Waals surface area contributed by atoms with E-state index < -0.39 is 0 Å². The summed E-state index contributed by atoms with van der Waals surface area (Å²) in [5, 5.41) is 0. The smallest absolute Gasteiger partial charge is 0.198 e. The van der Waals surface area contributed by atoms with Crippen LogP contribution in [0.25, 0.3) is 0 Å². The van der Waals surface area contributed by atoms with Gasteiger partial charge in [-0.25, -0.2) is 0 Å². The van der Waals surface area contributed by atoms with Gasteiger partial charge in [0.25, 0.3) is 0 Å². The third-order valence-corrected chi connectivity index (χ3v) is 3.54. The fourth-order valence-corrected chi connectivity index (χ4v) is 2.27. The van der Waals surface area contributed by atoms with E-state index in [1.165, 1.54) is 77.0 Å². The zero-order valence-electron chi connectivity index (χ0n) is 13.0. The van der Waals surface area contributed by atoms with Crippen LogP contribution in [-0.2, 0) is 4.79 Å². The van der Waals surface area contributed by atoms with Gasteiger partial charge in [0.1, 0.15) is 0 Å². The van der Waals surface area contributed by atoms with Crippen molar-refractivity contribution in [2.24, 2.45) is 0 Å². The lowest BCUT2D eigenvalue weighted by Gasteiger charge is -1.99. The summed E-state index contributed by atoms with van der Waals surface area (Å²) in [6.45, 7) is 2.26. The molecule has 0 rings (SSSR count). The van der Waals surface area contributed by atoms with Crippen LogP contribution in [0.5, 0.6) is 0 Å². The average Bonchev–Trinajstić information content (AvgIpc) is 2.43. The summed E-state index contributed by atoms with van der Waals surface area (Å²) in [7, 11) is 0. The highest BCUT2D eigenvalue weighted by Gasteiger charge is 1.91. The highest BCUT2D eigenvalue weighted by Crippen LogP contribution is 2.10. The maximum absolute atomic E-state index is 10.0. The van der Waals surface area contributed by atoms with Crippen LogP contribution >= 0.6 is 0 Å². The van der Waals surface area contributed by atoms with Crippen molar-refractivity contribution in [2.75, 3.05) is 0 Å². The van der Waals surface area contributed by atoms with Crippen LogP contribution in [0.4, 0.5) is 0 Å². The molecule has 0 saturated carbocycles. The van der Waals surface area contributed by atoms with Crippen LogP contribution in [0, 0.1) is 0 Å². The Morgan fingerprint density at radius 3 is 1.68 bits per heavy atom. The average molecular weight is 265 g/mol. The number of hydrogen-bond acceptors (Lipinski definition) is 1. The van der Waals surface area contributed by atoms with E-state index in [2.05, 4.69) is 19.1 Å². The molecule has 0 bridgehead atoms. The molecule has 0 atom stereocenters. The molecule has 0 aromatic heterocycles. The Labute approximate surface area is 120 Å². The zero-order valence-corrected chi connectivity index (χ0v) is 13.0. The second-order valence-corrected chi connectivity index (χ2v) is 5.48. The summed E-state index contributed by atoms with van der Waals surface area (Å²) in [5.74, 6) is 0. The molecule has 0 spiro atoms. The van der Waals surface area contributed by atoms with Gasteiger partial charge in [-0.3, -0.25) is 4.79 Å². The predicted octanol–water partition coefficient (Wildman–Crippen LogP) is 6.13. The number of hydrogen-bond donors (Lipinski definition) is 0. The monoisotopic (exact) mass is 265 g/mol. The van der Waals surface area contributed by atoms with Crippen molar-refractivity contribution in [1.29, 1.82) is 0 Å². The largest absolute Gasteiger partial charge is 0.291 e. The van der Waals surface area contributed by atoms with Crippen LogP contribution in [0.1, 0.15) is 96.8 Å². The first-order valence-corrected chi connectivity index (χ1v) is 8.41. The molecule has 0 unspecified atom stereocenters. The molecule has 0 heterocycles. The molecule has 0 aromatic rings. The van der Waals surface area contributed by atoms with Gasteiger partial charge < -0.3 is 0 Å². The van der Waals surface area contributed by atoms with Crippen LogP contribution in [0.2, 0.25) is 0 Å². The minimum absolute atomic E-state index is 0.628. The van der Waals surface area contributed by atoms with Gasteiger partial charge in [-0.05, 0) is 32.1 Å². The van der Waals surface area contributed by atoms with E-state index in [0.717, 1.165) is 6.42 Å². The Morgan fingerprint density at radius 1 is 0.684 bits per heavy atom. The van der Waals surface area contributed by atoms with E-state index in [1.807, 2.05) is 6.29 Å². The molecular formula is C18H33O. The molecule has 0 aliphatic rings. The maximum atomic E-state index is 10.0. The summed E-state index contributed by atoms with van der Waals surface area (Å²) in [6, 6.07) is 0. The molecule has 0 N–H and O–H groups in total. The first-order chi connectivity index (χ1) is 9.41. The van der Waals surface area contributed by atoms with Gasteiger partial charge in [0, 0.05) is 6.42 Å². The first-order valence-electron chi connectivity index (χ1n) is 8.41. The Balaban J connectivity index is 3.01. The molecule has 111 valence electrons. The van der Waals surface area contributed by atoms with Gasteiger partial charge in [0.05, 0.1) is 0 Å². The number of rotatable bonds is 15. The highest BCUT2D eigenvalue weighted by molar-refractivity contribution is 5.50. The molecular weight excluding hydrogens is 232 g/mol. The van der Waals surface area contributed by atoms with E-state index in [9.17, 15) is 4.79 Å². The van der Waals surface area contributed by atoms with Crippen LogP contribution in [0.3, 0.4) is 0 Å². The standard InChI is InChI=1S/C18H33O/c1-2-3-4-5-6-7-8-9-10-11-12-13-14-15-16-17-18-19/h7-8H,2-6,9-17H2,1H3. The second kappa shape index (κ2) is 17.4. The predicted molar refractivity (Wildman–Crippen MR) is 85.1 cm³/mol.